The Balaban J connectivity index is 1.03. The maximum absolute atomic E-state index is 15.3. The van der Waals surface area contributed by atoms with Crippen LogP contribution in [0.4, 0.5) is 5.69 Å². The number of morpholine rings is 1. The Morgan fingerprint density at radius 1 is 0.766 bits per heavy atom. The van der Waals surface area contributed by atoms with Gasteiger partial charge in [-0.05, 0) is 103 Å². The number of aromatic carboxylic acids is 1. The molecule has 0 aliphatic carbocycles. The van der Waals surface area contributed by atoms with Gasteiger partial charge in [-0.25, -0.2) is 4.79 Å². The maximum Gasteiger partial charge on any atom is 0.335 e. The van der Waals surface area contributed by atoms with Gasteiger partial charge in [0.25, 0.3) is 11.8 Å². The van der Waals surface area contributed by atoms with E-state index >= 15 is 9.59 Å². The van der Waals surface area contributed by atoms with Crippen LogP contribution < -0.4 is 14.5 Å². The lowest BCUT2D eigenvalue weighted by Gasteiger charge is -2.40. The monoisotopic (exact) mass is 858 g/mol. The molecule has 1 fully saturated rings. The zero-order chi connectivity index (χ0) is 43.6. The van der Waals surface area contributed by atoms with Crippen LogP contribution in [0, 0.1) is 0 Å². The number of carbonyl (C=O) groups is 3. The van der Waals surface area contributed by atoms with Crippen molar-refractivity contribution in [3.05, 3.63) is 172 Å². The van der Waals surface area contributed by atoms with Gasteiger partial charge in [0.15, 0.2) is 5.75 Å². The molecule has 12 heteroatoms. The molecule has 1 atom stereocenters. The fourth-order valence-corrected chi connectivity index (χ4v) is 9.54. The number of rotatable bonds is 12. The summed E-state index contributed by atoms with van der Waals surface area (Å²) in [5.41, 5.74) is 9.16. The van der Waals surface area contributed by atoms with E-state index in [1.165, 1.54) is 5.56 Å². The molecule has 326 valence electrons. The molecule has 5 aromatic carbocycles. The van der Waals surface area contributed by atoms with E-state index in [0.717, 1.165) is 72.5 Å². The summed E-state index contributed by atoms with van der Waals surface area (Å²) in [7, 11) is 0. The number of carboxylic acids is 1. The predicted molar refractivity (Wildman–Crippen MR) is 240 cm³/mol. The van der Waals surface area contributed by atoms with Crippen LogP contribution in [0.1, 0.15) is 77.4 Å². The minimum atomic E-state index is -1.04. The first-order chi connectivity index (χ1) is 31.4. The standard InChI is InChI=1S/C52H50N4O8/c57-50(56-31-39-13-5-4-12-37(39)26-42(56)32-53-21-23-61-24-22-53)45-29-49-40(34-63-64-49)27-44(45)48-28-46(47-15-6-7-20-54(47)48)51(58)55(30-36-11-8-14-38(25-36)52(59)60)41-16-18-43(19-17-41)62-33-35-9-2-1-3-10-35/h1-5,8-14,16-19,25,27-29,42H,6-7,15,20-24,26,30-34H2,(H,59,60)/t42-/m0/s1. The Kier molecular flexibility index (Phi) is 11.7. The highest BCUT2D eigenvalue weighted by atomic mass is 17.2. The highest BCUT2D eigenvalue weighted by molar-refractivity contribution is 6.09. The van der Waals surface area contributed by atoms with E-state index in [0.29, 0.717) is 73.2 Å². The lowest BCUT2D eigenvalue weighted by molar-refractivity contribution is -0.194. The molecule has 64 heavy (non-hydrogen) atoms. The van der Waals surface area contributed by atoms with Gasteiger partial charge in [-0.1, -0.05) is 66.7 Å². The molecular formula is C52H50N4O8. The molecule has 10 rings (SSSR count). The molecule has 0 unspecified atom stereocenters. The van der Waals surface area contributed by atoms with Gasteiger partial charge in [-0.3, -0.25) is 14.5 Å². The summed E-state index contributed by atoms with van der Waals surface area (Å²) in [6, 6.07) is 38.1. The van der Waals surface area contributed by atoms with Crippen LogP contribution in [-0.2, 0) is 55.3 Å². The van der Waals surface area contributed by atoms with Crippen molar-refractivity contribution in [1.29, 1.82) is 0 Å². The lowest BCUT2D eigenvalue weighted by atomic mass is 9.91. The van der Waals surface area contributed by atoms with Crippen LogP contribution >= 0.6 is 0 Å². The zero-order valence-electron chi connectivity index (χ0n) is 35.6. The quantitative estimate of drug-likeness (QED) is 0.121. The van der Waals surface area contributed by atoms with Crippen LogP contribution in [0.5, 0.6) is 11.5 Å². The van der Waals surface area contributed by atoms with Crippen molar-refractivity contribution in [3.63, 3.8) is 0 Å². The van der Waals surface area contributed by atoms with Gasteiger partial charge in [0, 0.05) is 67.0 Å². The van der Waals surface area contributed by atoms with E-state index < -0.39 is 5.97 Å². The molecule has 1 N–H and O–H groups in total. The number of anilines is 1. The molecule has 0 saturated carbocycles. The van der Waals surface area contributed by atoms with Crippen molar-refractivity contribution < 1.29 is 38.7 Å². The van der Waals surface area contributed by atoms with Crippen molar-refractivity contribution in [2.45, 2.75) is 64.6 Å². The molecule has 12 nitrogen and oxygen atoms in total. The second-order valence-electron chi connectivity index (χ2n) is 17.0. The lowest BCUT2D eigenvalue weighted by Crippen LogP contribution is -2.52. The van der Waals surface area contributed by atoms with Crippen molar-refractivity contribution in [1.82, 2.24) is 14.4 Å². The fourth-order valence-electron chi connectivity index (χ4n) is 9.54. The second kappa shape index (κ2) is 18.2. The first kappa shape index (κ1) is 41.3. The minimum absolute atomic E-state index is 0.0690. The smallest absolute Gasteiger partial charge is 0.335 e. The molecule has 0 spiro atoms. The number of benzene rings is 5. The number of ether oxygens (including phenoxy) is 2. The average Bonchev–Trinajstić information content (AvgIpc) is 3.97. The molecule has 0 bridgehead atoms. The van der Waals surface area contributed by atoms with Crippen LogP contribution in [0.25, 0.3) is 11.3 Å². The summed E-state index contributed by atoms with van der Waals surface area (Å²) in [4.78, 5) is 59.9. The molecule has 2 amide bonds. The Hall–Kier alpha value is -6.73. The average molecular weight is 859 g/mol. The number of amides is 2. The summed E-state index contributed by atoms with van der Waals surface area (Å²) in [5, 5.41) is 9.84. The van der Waals surface area contributed by atoms with Gasteiger partial charge in [0.1, 0.15) is 19.0 Å². The topological polar surface area (TPSA) is 123 Å². The number of hydrogen-bond acceptors (Lipinski definition) is 8. The molecular weight excluding hydrogens is 809 g/mol. The summed E-state index contributed by atoms with van der Waals surface area (Å²) >= 11 is 0. The number of aromatic nitrogens is 1. The van der Waals surface area contributed by atoms with Gasteiger partial charge in [0.05, 0.1) is 36.4 Å². The van der Waals surface area contributed by atoms with E-state index in [9.17, 15) is 9.90 Å². The Morgan fingerprint density at radius 2 is 1.55 bits per heavy atom. The molecule has 1 saturated heterocycles. The van der Waals surface area contributed by atoms with Gasteiger partial charge in [-0.2, -0.15) is 4.89 Å². The van der Waals surface area contributed by atoms with Crippen molar-refractivity contribution >= 4 is 23.5 Å². The van der Waals surface area contributed by atoms with Gasteiger partial charge in [-0.15, -0.1) is 0 Å². The summed E-state index contributed by atoms with van der Waals surface area (Å²) in [5.74, 6) is -0.198. The van der Waals surface area contributed by atoms with Crippen LogP contribution in [0.15, 0.2) is 121 Å². The zero-order valence-corrected chi connectivity index (χ0v) is 35.6. The summed E-state index contributed by atoms with van der Waals surface area (Å²) in [6.07, 6.45) is 3.25. The van der Waals surface area contributed by atoms with E-state index in [2.05, 4.69) is 27.7 Å². The molecule has 6 aromatic rings. The number of hydrogen-bond donors (Lipinski definition) is 1. The summed E-state index contributed by atoms with van der Waals surface area (Å²) < 4.78 is 14.0. The minimum Gasteiger partial charge on any atom is -0.489 e. The van der Waals surface area contributed by atoms with Crippen LogP contribution in [0.3, 0.4) is 0 Å². The first-order valence-electron chi connectivity index (χ1n) is 22.1. The molecule has 1 aromatic heterocycles. The number of fused-ring (bicyclic) bond motifs is 3. The van der Waals surface area contributed by atoms with E-state index in [-0.39, 0.29) is 36.6 Å². The van der Waals surface area contributed by atoms with E-state index in [4.69, 9.17) is 19.2 Å². The molecule has 4 aliphatic rings. The van der Waals surface area contributed by atoms with Crippen molar-refractivity contribution in [3.8, 4) is 22.8 Å². The molecule has 4 aliphatic heterocycles. The SMILES string of the molecule is O=C(O)c1cccc(CN(C(=O)c2cc(-c3cc4c(cc3C(=O)N3Cc5ccccc5C[C@H]3CN3CCOCC3)OOC4)n3c2CCCC3)c2ccc(OCc3ccccc3)cc2)c1. The maximum atomic E-state index is 15.3. The highest BCUT2D eigenvalue weighted by Crippen LogP contribution is 2.40. The Bertz CT molecular complexity index is 2690. The Morgan fingerprint density at radius 3 is 2.36 bits per heavy atom. The van der Waals surface area contributed by atoms with Gasteiger partial charge in [0.2, 0.25) is 0 Å². The number of carbonyl (C=O) groups excluding carboxylic acids is 2. The van der Waals surface area contributed by atoms with Crippen molar-refractivity contribution in [2.24, 2.45) is 0 Å². The third kappa shape index (κ3) is 8.51. The molecule has 0 radical (unpaired) electrons. The third-order valence-corrected chi connectivity index (χ3v) is 12.9. The van der Waals surface area contributed by atoms with Gasteiger partial charge >= 0.3 is 5.97 Å². The molecule has 5 heterocycles. The first-order valence-corrected chi connectivity index (χ1v) is 22.1. The van der Waals surface area contributed by atoms with Crippen LogP contribution in [0.2, 0.25) is 0 Å². The van der Waals surface area contributed by atoms with E-state index in [1.54, 1.807) is 23.1 Å². The van der Waals surface area contributed by atoms with Crippen molar-refractivity contribution in [2.75, 3.05) is 37.7 Å². The fraction of sp³-hybridized carbons (Fsp3) is 0.288. The van der Waals surface area contributed by atoms with E-state index in [1.807, 2.05) is 89.8 Å². The number of nitrogens with zero attached hydrogens (tertiary/aromatic N) is 4. The van der Waals surface area contributed by atoms with Crippen LogP contribution in [-0.4, -0.2) is 76.1 Å². The predicted octanol–water partition coefficient (Wildman–Crippen LogP) is 8.34. The Labute approximate surface area is 372 Å². The normalized spacial score (nSPS) is 16.9. The number of carboxylic acid groups (broad SMARTS) is 1. The third-order valence-electron chi connectivity index (χ3n) is 12.9. The summed E-state index contributed by atoms with van der Waals surface area (Å²) in [6.45, 7) is 5.62. The second-order valence-corrected chi connectivity index (χ2v) is 17.0. The largest absolute Gasteiger partial charge is 0.489 e. The van der Waals surface area contributed by atoms with Gasteiger partial charge < -0.3 is 33.8 Å². The highest BCUT2D eigenvalue weighted by Gasteiger charge is 2.36.